The van der Waals surface area contributed by atoms with Crippen LogP contribution < -0.4 is 16.8 Å². The van der Waals surface area contributed by atoms with Gasteiger partial charge in [-0.15, -0.1) is 0 Å². The molecule has 2 heterocycles. The predicted molar refractivity (Wildman–Crippen MR) is 76.4 cm³/mol. The molecule has 2 aliphatic heterocycles. The Morgan fingerprint density at radius 1 is 1.33 bits per heavy atom. The van der Waals surface area contributed by atoms with Crippen LogP contribution in [0.2, 0.25) is 0 Å². The Bertz CT molecular complexity index is 553. The number of hydrogen-bond acceptors (Lipinski definition) is 8. The second kappa shape index (κ2) is 6.49. The van der Waals surface area contributed by atoms with Crippen LogP contribution in [-0.4, -0.2) is 87.2 Å². The number of aliphatic hydroxyl groups excluding tert-OH is 3. The van der Waals surface area contributed by atoms with Crippen LogP contribution in [0.25, 0.3) is 0 Å². The minimum absolute atomic E-state index is 0.386. The van der Waals surface area contributed by atoms with Crippen LogP contribution in [0.4, 0.5) is 0 Å². The van der Waals surface area contributed by atoms with Crippen LogP contribution in [0.1, 0.15) is 6.92 Å². The highest BCUT2D eigenvalue weighted by atomic mass is 16.8. The number of ether oxygens (including phenoxy) is 2. The number of nitrogens with zero attached hydrogens (tertiary/aromatic N) is 1. The molecule has 2 fully saturated rings. The number of guanidine groups is 1. The summed E-state index contributed by atoms with van der Waals surface area (Å²) in [5.41, 5.74) is 10.7. The van der Waals surface area contributed by atoms with E-state index < -0.39 is 60.8 Å². The third kappa shape index (κ3) is 3.14. The van der Waals surface area contributed by atoms with Crippen LogP contribution >= 0.6 is 0 Å². The van der Waals surface area contributed by atoms with E-state index in [1.54, 1.807) is 0 Å². The molecule has 12 nitrogen and oxygen atoms in total. The summed E-state index contributed by atoms with van der Waals surface area (Å²) in [7, 11) is 0. The first-order valence-corrected chi connectivity index (χ1v) is 7.06. The molecule has 7 atom stereocenters. The van der Waals surface area contributed by atoms with Gasteiger partial charge in [-0.2, -0.15) is 0 Å². The first kappa shape index (κ1) is 18.4. The van der Waals surface area contributed by atoms with Crippen molar-refractivity contribution < 1.29 is 39.5 Å². The van der Waals surface area contributed by atoms with Gasteiger partial charge in [0.1, 0.15) is 24.4 Å². The number of carboxylic acid groups (broad SMARTS) is 1. The molecule has 0 saturated carbocycles. The molecule has 0 aromatic carbocycles. The number of aliphatic imine (C=N–C) groups is 1. The lowest BCUT2D eigenvalue weighted by molar-refractivity contribution is -0.199. The zero-order valence-electron chi connectivity index (χ0n) is 12.7. The fourth-order valence-corrected chi connectivity index (χ4v) is 2.76. The second-order valence-corrected chi connectivity index (χ2v) is 5.60. The van der Waals surface area contributed by atoms with E-state index in [0.29, 0.717) is 0 Å². The zero-order valence-corrected chi connectivity index (χ0v) is 12.7. The van der Waals surface area contributed by atoms with Crippen LogP contribution in [0, 0.1) is 0 Å². The molecule has 2 aliphatic rings. The number of nitrogens with two attached hydrogens (primary N) is 2. The Balaban J connectivity index is 2.42. The molecular formula is C12H20N4O8. The third-order valence-electron chi connectivity index (χ3n) is 3.85. The second-order valence-electron chi connectivity index (χ2n) is 5.60. The summed E-state index contributed by atoms with van der Waals surface area (Å²) < 4.78 is 10.4. The van der Waals surface area contributed by atoms with Crippen molar-refractivity contribution >= 4 is 17.8 Å². The Labute approximate surface area is 136 Å². The van der Waals surface area contributed by atoms with Crippen molar-refractivity contribution in [1.29, 1.82) is 0 Å². The van der Waals surface area contributed by atoms with Gasteiger partial charge in [0.25, 0.3) is 5.79 Å². The van der Waals surface area contributed by atoms with Gasteiger partial charge in [-0.3, -0.25) is 4.79 Å². The molecule has 0 radical (unpaired) electrons. The van der Waals surface area contributed by atoms with Crippen molar-refractivity contribution in [2.45, 2.75) is 49.2 Å². The number of aliphatic hydroxyl groups is 3. The topological polar surface area (TPSA) is 213 Å². The van der Waals surface area contributed by atoms with Gasteiger partial charge in [-0.1, -0.05) is 0 Å². The third-order valence-corrected chi connectivity index (χ3v) is 3.85. The Hall–Kier alpha value is -1.99. The maximum atomic E-state index is 11.5. The first-order valence-electron chi connectivity index (χ1n) is 7.06. The molecule has 1 amide bonds. The van der Waals surface area contributed by atoms with E-state index in [1.807, 2.05) is 0 Å². The van der Waals surface area contributed by atoms with Crippen molar-refractivity contribution in [1.82, 2.24) is 5.32 Å². The molecule has 0 bridgehead atoms. The highest BCUT2D eigenvalue weighted by Gasteiger charge is 2.75. The summed E-state index contributed by atoms with van der Waals surface area (Å²) in [4.78, 5) is 26.8. The molecule has 0 aliphatic carbocycles. The SMILES string of the molecule is CC(=O)N[C@H]1[C@H]([C@H](O)[C@H](O)CO)OC2(C(=O)O)OC2[C@H]1N=C(N)N. The average molecular weight is 348 g/mol. The largest absolute Gasteiger partial charge is 0.477 e. The molecule has 136 valence electrons. The number of amides is 1. The molecule has 9 N–H and O–H groups in total. The van der Waals surface area contributed by atoms with Gasteiger partial charge in [-0.25, -0.2) is 9.79 Å². The Kier molecular flexibility index (Phi) is 4.96. The van der Waals surface area contributed by atoms with E-state index in [1.165, 1.54) is 6.92 Å². The van der Waals surface area contributed by atoms with E-state index in [4.69, 9.17) is 26.0 Å². The first-order chi connectivity index (χ1) is 11.1. The molecule has 0 spiro atoms. The van der Waals surface area contributed by atoms with Crippen molar-refractivity contribution in [2.75, 3.05) is 6.61 Å². The van der Waals surface area contributed by atoms with Crippen LogP contribution in [0.3, 0.4) is 0 Å². The lowest BCUT2D eigenvalue weighted by Gasteiger charge is -2.39. The molecule has 2 saturated heterocycles. The maximum Gasteiger partial charge on any atom is 0.367 e. The zero-order chi connectivity index (χ0) is 18.2. The average Bonchev–Trinajstić information content (AvgIpc) is 3.23. The van der Waals surface area contributed by atoms with Crippen LogP contribution in [0.15, 0.2) is 4.99 Å². The smallest absolute Gasteiger partial charge is 0.367 e. The van der Waals surface area contributed by atoms with Crippen molar-refractivity contribution in [3.8, 4) is 0 Å². The van der Waals surface area contributed by atoms with Crippen LogP contribution in [0.5, 0.6) is 0 Å². The molecule has 0 aromatic heterocycles. The van der Waals surface area contributed by atoms with Crippen molar-refractivity contribution in [3.05, 3.63) is 0 Å². The number of aliphatic carboxylic acids is 1. The monoisotopic (exact) mass is 348 g/mol. The fourth-order valence-electron chi connectivity index (χ4n) is 2.76. The van der Waals surface area contributed by atoms with E-state index in [2.05, 4.69) is 10.3 Å². The van der Waals surface area contributed by atoms with Gasteiger partial charge < -0.3 is 46.7 Å². The predicted octanol–water partition coefficient (Wildman–Crippen LogP) is -4.57. The number of carbonyl (C=O) groups excluding carboxylic acids is 1. The number of fused-ring (bicyclic) bond motifs is 1. The molecule has 24 heavy (non-hydrogen) atoms. The maximum absolute atomic E-state index is 11.5. The quantitative estimate of drug-likeness (QED) is 0.138. The molecule has 2 unspecified atom stereocenters. The Morgan fingerprint density at radius 2 is 1.96 bits per heavy atom. The summed E-state index contributed by atoms with van der Waals surface area (Å²) in [5, 5.41) is 40.6. The lowest BCUT2D eigenvalue weighted by Crippen LogP contribution is -2.65. The number of hydrogen-bond donors (Lipinski definition) is 7. The minimum Gasteiger partial charge on any atom is -0.477 e. The molecule has 12 heteroatoms. The normalized spacial score (nSPS) is 36.8. The Morgan fingerprint density at radius 3 is 2.42 bits per heavy atom. The van der Waals surface area contributed by atoms with E-state index in [9.17, 15) is 24.9 Å². The van der Waals surface area contributed by atoms with Crippen molar-refractivity contribution in [3.63, 3.8) is 0 Å². The van der Waals surface area contributed by atoms with Gasteiger partial charge in [0.2, 0.25) is 5.91 Å². The molecular weight excluding hydrogens is 328 g/mol. The fraction of sp³-hybridized carbons (Fsp3) is 0.750. The molecule has 0 aromatic rings. The highest BCUT2D eigenvalue weighted by molar-refractivity contribution is 5.81. The number of carboxylic acids is 1. The summed E-state index contributed by atoms with van der Waals surface area (Å²) in [6.45, 7) is 0.371. The van der Waals surface area contributed by atoms with Crippen molar-refractivity contribution in [2.24, 2.45) is 16.5 Å². The summed E-state index contributed by atoms with van der Waals surface area (Å²) in [6.07, 6.45) is -5.92. The van der Waals surface area contributed by atoms with Gasteiger partial charge in [0.15, 0.2) is 12.1 Å². The van der Waals surface area contributed by atoms with Gasteiger partial charge >= 0.3 is 5.97 Å². The number of epoxide rings is 1. The molecule has 2 rings (SSSR count). The van der Waals surface area contributed by atoms with Gasteiger partial charge in [0, 0.05) is 6.92 Å². The standard InChI is InChI=1S/C12H20N4O8/c1-3(18)15-5-6(16-11(13)14)9-12(24-9,10(21)22)23-8(5)7(20)4(19)2-17/h4-9,17,19-20H,2H2,1H3,(H,15,18)(H,21,22)(H4,13,14,16)/t4-,5-,6+,7-,8-,9?,12?/m1/s1. The number of rotatable bonds is 6. The van der Waals surface area contributed by atoms with E-state index in [0.717, 1.165) is 0 Å². The van der Waals surface area contributed by atoms with Gasteiger partial charge in [0.05, 0.1) is 12.6 Å². The van der Waals surface area contributed by atoms with Crippen LogP contribution in [-0.2, 0) is 19.1 Å². The number of nitrogens with one attached hydrogen (secondary N) is 1. The summed E-state index contributed by atoms with van der Waals surface area (Å²) >= 11 is 0. The summed E-state index contributed by atoms with van der Waals surface area (Å²) in [6, 6.07) is -2.17. The van der Waals surface area contributed by atoms with E-state index >= 15 is 0 Å². The summed E-state index contributed by atoms with van der Waals surface area (Å²) in [5.74, 6) is -4.49. The lowest BCUT2D eigenvalue weighted by atomic mass is 9.88. The minimum atomic E-state index is -2.10. The highest BCUT2D eigenvalue weighted by Crippen LogP contribution is 2.48. The van der Waals surface area contributed by atoms with Gasteiger partial charge in [-0.05, 0) is 0 Å². The van der Waals surface area contributed by atoms with E-state index in [-0.39, 0.29) is 5.96 Å². The number of carbonyl (C=O) groups is 2.